The maximum Gasteiger partial charge on any atom is 0.522 e. The average Bonchev–Trinajstić information content (AvgIpc) is 2.09. The molecule has 1 rings (SSSR count). The molecule has 1 fully saturated rings. The van der Waals surface area contributed by atoms with Gasteiger partial charge in [0.1, 0.15) is 0 Å². The Kier molecular flexibility index (Phi) is 5.05. The molecule has 1 saturated carbocycles. The molecular weight excluding hydrogens is 219 g/mol. The second-order valence-corrected chi connectivity index (χ2v) is 4.86. The van der Waals surface area contributed by atoms with Gasteiger partial charge in [-0.25, -0.2) is 0 Å². The Morgan fingerprint density at radius 2 is 1.69 bits per heavy atom. The van der Waals surface area contributed by atoms with Crippen molar-refractivity contribution in [3.63, 3.8) is 0 Å². The molecule has 0 radical (unpaired) electrons. The molecule has 0 saturated heterocycles. The lowest BCUT2D eigenvalue weighted by atomic mass is 9.80. The summed E-state index contributed by atoms with van der Waals surface area (Å²) < 4.78 is 38.8. The van der Waals surface area contributed by atoms with Gasteiger partial charge in [0.15, 0.2) is 0 Å². The van der Waals surface area contributed by atoms with Crippen molar-refractivity contribution in [2.75, 3.05) is 13.2 Å². The Morgan fingerprint density at radius 1 is 1.12 bits per heavy atom. The van der Waals surface area contributed by atoms with Crippen molar-refractivity contribution < 1.29 is 17.9 Å². The summed E-state index contributed by atoms with van der Waals surface area (Å²) in [5.74, 6) is 1.31. The summed E-state index contributed by atoms with van der Waals surface area (Å²) in [6.07, 6.45) is -1.18. The lowest BCUT2D eigenvalue weighted by Gasteiger charge is -2.32. The van der Waals surface area contributed by atoms with Gasteiger partial charge in [-0.3, -0.25) is 4.74 Å². The Morgan fingerprint density at radius 3 is 2.19 bits per heavy atom. The fourth-order valence-electron chi connectivity index (χ4n) is 2.54. The minimum atomic E-state index is -4.51. The first-order chi connectivity index (χ1) is 7.37. The van der Waals surface area contributed by atoms with E-state index in [1.54, 1.807) is 0 Å². The summed E-state index contributed by atoms with van der Waals surface area (Å²) in [5, 5.41) is 3.13. The van der Waals surface area contributed by atoms with Crippen molar-refractivity contribution in [2.24, 2.45) is 11.8 Å². The molecule has 96 valence electrons. The van der Waals surface area contributed by atoms with Crippen molar-refractivity contribution in [1.82, 2.24) is 5.32 Å². The maximum atomic E-state index is 11.7. The zero-order chi connectivity index (χ0) is 12.2. The van der Waals surface area contributed by atoms with Gasteiger partial charge in [-0.1, -0.05) is 13.8 Å². The lowest BCUT2D eigenvalue weighted by Crippen LogP contribution is -2.38. The van der Waals surface area contributed by atoms with Gasteiger partial charge in [0, 0.05) is 12.6 Å². The zero-order valence-corrected chi connectivity index (χ0v) is 9.81. The quantitative estimate of drug-likeness (QED) is 0.762. The number of hydrogen-bond donors (Lipinski definition) is 1. The smallest absolute Gasteiger partial charge is 0.312 e. The minimum Gasteiger partial charge on any atom is -0.312 e. The van der Waals surface area contributed by atoms with Crippen LogP contribution < -0.4 is 5.32 Å². The van der Waals surface area contributed by atoms with Crippen LogP contribution in [-0.2, 0) is 4.74 Å². The largest absolute Gasteiger partial charge is 0.522 e. The third-order valence-electron chi connectivity index (χ3n) is 2.98. The van der Waals surface area contributed by atoms with E-state index >= 15 is 0 Å². The molecular formula is C11H20F3NO. The molecule has 1 aliphatic rings. The maximum absolute atomic E-state index is 11.7. The topological polar surface area (TPSA) is 21.3 Å². The number of nitrogens with one attached hydrogen (secondary N) is 1. The van der Waals surface area contributed by atoms with Crippen LogP contribution in [-0.4, -0.2) is 25.6 Å². The highest BCUT2D eigenvalue weighted by Gasteiger charge is 2.29. The first kappa shape index (κ1) is 13.8. The molecule has 0 heterocycles. The van der Waals surface area contributed by atoms with Gasteiger partial charge < -0.3 is 5.32 Å². The van der Waals surface area contributed by atoms with Crippen LogP contribution in [0.4, 0.5) is 13.2 Å². The van der Waals surface area contributed by atoms with Crippen LogP contribution in [0.25, 0.3) is 0 Å². The van der Waals surface area contributed by atoms with E-state index in [4.69, 9.17) is 0 Å². The molecule has 0 bridgehead atoms. The molecule has 1 aliphatic carbocycles. The van der Waals surface area contributed by atoms with Crippen LogP contribution >= 0.6 is 0 Å². The van der Waals surface area contributed by atoms with E-state index in [0.717, 1.165) is 12.8 Å². The fraction of sp³-hybridized carbons (Fsp3) is 1.00. The van der Waals surface area contributed by atoms with Crippen LogP contribution in [0.1, 0.15) is 33.1 Å². The van der Waals surface area contributed by atoms with Gasteiger partial charge in [-0.15, -0.1) is 13.2 Å². The Labute approximate surface area is 94.5 Å². The normalized spacial score (nSPS) is 31.7. The van der Waals surface area contributed by atoms with Crippen molar-refractivity contribution >= 4 is 0 Å². The van der Waals surface area contributed by atoms with E-state index in [2.05, 4.69) is 23.9 Å². The third-order valence-corrected chi connectivity index (χ3v) is 2.98. The third kappa shape index (κ3) is 5.70. The number of ether oxygens (including phenoxy) is 1. The highest BCUT2D eigenvalue weighted by atomic mass is 19.4. The predicted octanol–water partition coefficient (Wildman–Crippen LogP) is 2.94. The number of rotatable bonds is 4. The standard InChI is InChI=1S/C11H20F3NO/c1-8-5-9(2)7-10(6-8)15-3-4-16-11(12,13)14/h8-10,15H,3-7H2,1-2H3. The van der Waals surface area contributed by atoms with E-state index in [1.807, 2.05) is 0 Å². The van der Waals surface area contributed by atoms with Crippen LogP contribution in [0.5, 0.6) is 0 Å². The molecule has 2 atom stereocenters. The Bertz CT molecular complexity index is 198. The first-order valence-electron chi connectivity index (χ1n) is 5.81. The van der Waals surface area contributed by atoms with Crippen molar-refractivity contribution in [1.29, 1.82) is 0 Å². The second kappa shape index (κ2) is 5.87. The van der Waals surface area contributed by atoms with E-state index in [9.17, 15) is 13.2 Å². The SMILES string of the molecule is CC1CC(C)CC(NCCOC(F)(F)F)C1. The van der Waals surface area contributed by atoms with Gasteiger partial charge in [0.05, 0.1) is 6.61 Å². The summed E-state index contributed by atoms with van der Waals surface area (Å²) in [7, 11) is 0. The number of halogens is 3. The second-order valence-electron chi connectivity index (χ2n) is 4.86. The van der Waals surface area contributed by atoms with Crippen LogP contribution in [0.2, 0.25) is 0 Å². The fourth-order valence-corrected chi connectivity index (χ4v) is 2.54. The average molecular weight is 239 g/mol. The van der Waals surface area contributed by atoms with Crippen LogP contribution in [0.15, 0.2) is 0 Å². The van der Waals surface area contributed by atoms with E-state index < -0.39 is 6.36 Å². The number of alkyl halides is 3. The van der Waals surface area contributed by atoms with Gasteiger partial charge in [0.2, 0.25) is 0 Å². The van der Waals surface area contributed by atoms with Crippen molar-refractivity contribution in [2.45, 2.75) is 45.5 Å². The van der Waals surface area contributed by atoms with Gasteiger partial charge >= 0.3 is 6.36 Å². The summed E-state index contributed by atoms with van der Waals surface area (Å²) in [6.45, 7) is 4.35. The number of hydrogen-bond acceptors (Lipinski definition) is 2. The van der Waals surface area contributed by atoms with Gasteiger partial charge in [0.25, 0.3) is 0 Å². The van der Waals surface area contributed by atoms with Crippen LogP contribution in [0.3, 0.4) is 0 Å². The highest BCUT2D eigenvalue weighted by Crippen LogP contribution is 2.28. The molecule has 0 amide bonds. The molecule has 16 heavy (non-hydrogen) atoms. The molecule has 0 aliphatic heterocycles. The highest BCUT2D eigenvalue weighted by molar-refractivity contribution is 4.79. The summed E-state index contributed by atoms with van der Waals surface area (Å²) in [4.78, 5) is 0. The molecule has 0 aromatic heterocycles. The molecule has 2 unspecified atom stereocenters. The van der Waals surface area contributed by atoms with E-state index in [-0.39, 0.29) is 13.2 Å². The molecule has 0 aromatic rings. The zero-order valence-electron chi connectivity index (χ0n) is 9.81. The lowest BCUT2D eigenvalue weighted by molar-refractivity contribution is -0.323. The van der Waals surface area contributed by atoms with E-state index in [0.29, 0.717) is 17.9 Å². The molecule has 5 heteroatoms. The monoisotopic (exact) mass is 239 g/mol. The Balaban J connectivity index is 2.13. The Hall–Kier alpha value is -0.290. The van der Waals surface area contributed by atoms with E-state index in [1.165, 1.54) is 6.42 Å². The summed E-state index contributed by atoms with van der Waals surface area (Å²) >= 11 is 0. The van der Waals surface area contributed by atoms with Gasteiger partial charge in [-0.05, 0) is 31.1 Å². The molecule has 1 N–H and O–H groups in total. The predicted molar refractivity (Wildman–Crippen MR) is 56.0 cm³/mol. The first-order valence-corrected chi connectivity index (χ1v) is 5.81. The van der Waals surface area contributed by atoms with Crippen molar-refractivity contribution in [3.05, 3.63) is 0 Å². The summed E-state index contributed by atoms with van der Waals surface area (Å²) in [6, 6.07) is 0.343. The van der Waals surface area contributed by atoms with Crippen molar-refractivity contribution in [3.8, 4) is 0 Å². The molecule has 0 spiro atoms. The molecule has 2 nitrogen and oxygen atoms in total. The summed E-state index contributed by atoms with van der Waals surface area (Å²) in [5.41, 5.74) is 0. The van der Waals surface area contributed by atoms with Crippen LogP contribution in [0, 0.1) is 11.8 Å². The molecule has 0 aromatic carbocycles. The minimum absolute atomic E-state index is 0.267. The van der Waals surface area contributed by atoms with Gasteiger partial charge in [-0.2, -0.15) is 0 Å².